The predicted octanol–water partition coefficient (Wildman–Crippen LogP) is 3.28. The van der Waals surface area contributed by atoms with Crippen molar-refractivity contribution in [2.45, 2.75) is 6.92 Å². The standard InChI is InChI=1S/C14H13ClN2O/c1-10-13(9-17(2)16-10)14(18)7-6-11-4-3-5-12(15)8-11/h3-9H,1-2H3/b7-6+. The highest BCUT2D eigenvalue weighted by molar-refractivity contribution is 6.30. The monoisotopic (exact) mass is 260 g/mol. The molecule has 0 radical (unpaired) electrons. The molecular formula is C14H13ClN2O. The predicted molar refractivity (Wildman–Crippen MR) is 72.8 cm³/mol. The minimum atomic E-state index is -0.0550. The second kappa shape index (κ2) is 5.19. The Balaban J connectivity index is 2.19. The van der Waals surface area contributed by atoms with Gasteiger partial charge in [0.2, 0.25) is 0 Å². The fourth-order valence-corrected chi connectivity index (χ4v) is 1.91. The molecule has 1 aromatic carbocycles. The first-order valence-electron chi connectivity index (χ1n) is 5.54. The summed E-state index contributed by atoms with van der Waals surface area (Å²) in [5, 5.41) is 4.80. The van der Waals surface area contributed by atoms with Crippen LogP contribution in [-0.4, -0.2) is 15.6 Å². The van der Waals surface area contributed by atoms with Crippen LogP contribution in [0.15, 0.2) is 36.5 Å². The molecule has 0 bridgehead atoms. The van der Waals surface area contributed by atoms with Crippen LogP contribution in [0.4, 0.5) is 0 Å². The van der Waals surface area contributed by atoms with E-state index in [2.05, 4.69) is 5.10 Å². The first kappa shape index (κ1) is 12.6. The number of ketones is 1. The highest BCUT2D eigenvalue weighted by Crippen LogP contribution is 2.13. The molecular weight excluding hydrogens is 248 g/mol. The summed E-state index contributed by atoms with van der Waals surface area (Å²) < 4.78 is 1.63. The molecule has 0 amide bonds. The van der Waals surface area contributed by atoms with Gasteiger partial charge in [-0.15, -0.1) is 0 Å². The van der Waals surface area contributed by atoms with Gasteiger partial charge in [-0.2, -0.15) is 5.10 Å². The Labute approximate surface area is 111 Å². The number of aromatic nitrogens is 2. The van der Waals surface area contributed by atoms with Crippen LogP contribution in [0.1, 0.15) is 21.6 Å². The summed E-state index contributed by atoms with van der Waals surface area (Å²) in [4.78, 5) is 12.0. The molecule has 0 spiro atoms. The fraction of sp³-hybridized carbons (Fsp3) is 0.143. The van der Waals surface area contributed by atoms with Crippen LogP contribution in [0.2, 0.25) is 5.02 Å². The van der Waals surface area contributed by atoms with Gasteiger partial charge in [0.05, 0.1) is 11.3 Å². The van der Waals surface area contributed by atoms with E-state index in [4.69, 9.17) is 11.6 Å². The third-order valence-corrected chi connectivity index (χ3v) is 2.79. The van der Waals surface area contributed by atoms with Gasteiger partial charge in [-0.25, -0.2) is 0 Å². The van der Waals surface area contributed by atoms with E-state index < -0.39 is 0 Å². The van der Waals surface area contributed by atoms with E-state index in [0.717, 1.165) is 11.3 Å². The van der Waals surface area contributed by atoms with E-state index in [9.17, 15) is 4.79 Å². The molecule has 18 heavy (non-hydrogen) atoms. The lowest BCUT2D eigenvalue weighted by Gasteiger charge is -1.94. The van der Waals surface area contributed by atoms with Crippen molar-refractivity contribution in [3.05, 3.63) is 58.4 Å². The van der Waals surface area contributed by atoms with Gasteiger partial charge >= 0.3 is 0 Å². The van der Waals surface area contributed by atoms with E-state index in [1.165, 1.54) is 6.08 Å². The summed E-state index contributed by atoms with van der Waals surface area (Å²) in [7, 11) is 1.80. The number of halogens is 1. The number of hydrogen-bond acceptors (Lipinski definition) is 2. The summed E-state index contributed by atoms with van der Waals surface area (Å²) in [5.74, 6) is -0.0550. The van der Waals surface area contributed by atoms with Crippen molar-refractivity contribution < 1.29 is 4.79 Å². The topological polar surface area (TPSA) is 34.9 Å². The van der Waals surface area contributed by atoms with Crippen molar-refractivity contribution in [3.63, 3.8) is 0 Å². The zero-order valence-corrected chi connectivity index (χ0v) is 11.0. The molecule has 0 aliphatic carbocycles. The number of aryl methyl sites for hydroxylation is 2. The molecule has 0 saturated heterocycles. The molecule has 1 aromatic heterocycles. The molecule has 0 unspecified atom stereocenters. The maximum Gasteiger partial charge on any atom is 0.189 e. The van der Waals surface area contributed by atoms with Crippen LogP contribution < -0.4 is 0 Å². The van der Waals surface area contributed by atoms with Crippen LogP contribution in [0, 0.1) is 6.92 Å². The first-order chi connectivity index (χ1) is 8.56. The van der Waals surface area contributed by atoms with Crippen LogP contribution >= 0.6 is 11.6 Å². The third kappa shape index (κ3) is 2.87. The van der Waals surface area contributed by atoms with E-state index in [-0.39, 0.29) is 5.78 Å². The maximum absolute atomic E-state index is 12.0. The number of hydrogen-bond donors (Lipinski definition) is 0. The summed E-state index contributed by atoms with van der Waals surface area (Å²) in [6.45, 7) is 1.82. The van der Waals surface area contributed by atoms with Crippen LogP contribution in [-0.2, 0) is 7.05 Å². The first-order valence-corrected chi connectivity index (χ1v) is 5.92. The lowest BCUT2D eigenvalue weighted by Crippen LogP contribution is -1.94. The summed E-state index contributed by atoms with van der Waals surface area (Å²) in [6, 6.07) is 7.35. The number of carbonyl (C=O) groups excluding carboxylic acids is 1. The Morgan fingerprint density at radius 1 is 1.44 bits per heavy atom. The SMILES string of the molecule is Cc1nn(C)cc1C(=O)/C=C/c1cccc(Cl)c1. The van der Waals surface area contributed by atoms with Gasteiger partial charge in [-0.1, -0.05) is 29.8 Å². The third-order valence-electron chi connectivity index (χ3n) is 2.55. The summed E-state index contributed by atoms with van der Waals surface area (Å²) >= 11 is 5.87. The van der Waals surface area contributed by atoms with E-state index in [1.54, 1.807) is 36.1 Å². The van der Waals surface area contributed by atoms with E-state index >= 15 is 0 Å². The van der Waals surface area contributed by atoms with Crippen LogP contribution in [0.3, 0.4) is 0 Å². The maximum atomic E-state index is 12.0. The second-order valence-corrected chi connectivity index (χ2v) is 4.49. The Morgan fingerprint density at radius 3 is 2.83 bits per heavy atom. The van der Waals surface area contributed by atoms with E-state index in [1.807, 2.05) is 19.1 Å². The molecule has 2 rings (SSSR count). The number of carbonyl (C=O) groups is 1. The number of benzene rings is 1. The molecule has 3 nitrogen and oxygen atoms in total. The van der Waals surface area contributed by atoms with Crippen molar-refractivity contribution in [3.8, 4) is 0 Å². The minimum absolute atomic E-state index is 0.0550. The van der Waals surface area contributed by atoms with Gasteiger partial charge < -0.3 is 0 Å². The Bertz CT molecular complexity index is 614. The molecule has 0 atom stereocenters. The zero-order chi connectivity index (χ0) is 13.1. The molecule has 4 heteroatoms. The van der Waals surface area contributed by atoms with Crippen molar-refractivity contribution in [2.24, 2.45) is 7.05 Å². The van der Waals surface area contributed by atoms with Gasteiger partial charge in [-0.3, -0.25) is 9.48 Å². The van der Waals surface area contributed by atoms with Crippen molar-refractivity contribution >= 4 is 23.5 Å². The lowest BCUT2D eigenvalue weighted by molar-refractivity contribution is 0.104. The molecule has 0 aliphatic rings. The molecule has 92 valence electrons. The average Bonchev–Trinajstić information content (AvgIpc) is 2.66. The van der Waals surface area contributed by atoms with Crippen molar-refractivity contribution in [1.82, 2.24) is 9.78 Å². The van der Waals surface area contributed by atoms with Gasteiger partial charge in [0.1, 0.15) is 0 Å². The fourth-order valence-electron chi connectivity index (χ4n) is 1.71. The Morgan fingerprint density at radius 2 is 2.22 bits per heavy atom. The molecule has 0 fully saturated rings. The number of allylic oxidation sites excluding steroid dienone is 1. The summed E-state index contributed by atoms with van der Waals surface area (Å²) in [6.07, 6.45) is 5.01. The smallest absolute Gasteiger partial charge is 0.189 e. The van der Waals surface area contributed by atoms with Gasteiger partial charge in [-0.05, 0) is 30.7 Å². The molecule has 0 saturated carbocycles. The average molecular weight is 261 g/mol. The minimum Gasteiger partial charge on any atom is -0.289 e. The normalized spacial score (nSPS) is 11.1. The highest BCUT2D eigenvalue weighted by Gasteiger charge is 2.09. The van der Waals surface area contributed by atoms with Crippen molar-refractivity contribution in [1.29, 1.82) is 0 Å². The molecule has 2 aromatic rings. The van der Waals surface area contributed by atoms with Gasteiger partial charge in [0, 0.05) is 18.3 Å². The largest absolute Gasteiger partial charge is 0.289 e. The second-order valence-electron chi connectivity index (χ2n) is 4.05. The molecule has 1 heterocycles. The highest BCUT2D eigenvalue weighted by atomic mass is 35.5. The van der Waals surface area contributed by atoms with Crippen LogP contribution in [0.25, 0.3) is 6.08 Å². The number of nitrogens with zero attached hydrogens (tertiary/aromatic N) is 2. The lowest BCUT2D eigenvalue weighted by atomic mass is 10.1. The quantitative estimate of drug-likeness (QED) is 0.627. The molecule has 0 aliphatic heterocycles. The Hall–Kier alpha value is -1.87. The number of rotatable bonds is 3. The summed E-state index contributed by atoms with van der Waals surface area (Å²) in [5.41, 5.74) is 2.26. The molecule has 0 N–H and O–H groups in total. The van der Waals surface area contributed by atoms with E-state index in [0.29, 0.717) is 10.6 Å². The van der Waals surface area contributed by atoms with Crippen molar-refractivity contribution in [2.75, 3.05) is 0 Å². The van der Waals surface area contributed by atoms with Gasteiger partial charge in [0.15, 0.2) is 5.78 Å². The van der Waals surface area contributed by atoms with Crippen LogP contribution in [0.5, 0.6) is 0 Å². The Kier molecular flexibility index (Phi) is 3.63. The van der Waals surface area contributed by atoms with Gasteiger partial charge in [0.25, 0.3) is 0 Å². The zero-order valence-electron chi connectivity index (χ0n) is 10.2.